The predicted octanol–water partition coefficient (Wildman–Crippen LogP) is 3.21. The second-order valence-corrected chi connectivity index (χ2v) is 6.66. The normalized spacial score (nSPS) is 20.6. The molecule has 1 aliphatic heterocycles. The third-order valence-corrected chi connectivity index (χ3v) is 4.34. The lowest BCUT2D eigenvalue weighted by Crippen LogP contribution is -2.43. The number of ether oxygens (including phenoxy) is 2. The zero-order valence-electron chi connectivity index (χ0n) is 13.0. The number of rotatable bonds is 3. The lowest BCUT2D eigenvalue weighted by atomic mass is 9.82. The molecule has 20 heavy (non-hydrogen) atoms. The second kappa shape index (κ2) is 5.84. The summed E-state index contributed by atoms with van der Waals surface area (Å²) < 4.78 is 11.0. The van der Waals surface area contributed by atoms with Gasteiger partial charge in [0, 0.05) is 33.2 Å². The molecule has 2 rings (SSSR count). The SMILES string of the molecule is COC1(C(O)c2ccc(C(C)(C)C)cc2)CCOCC1. The highest BCUT2D eigenvalue weighted by Gasteiger charge is 2.40. The first kappa shape index (κ1) is 15.5. The van der Waals surface area contributed by atoms with E-state index in [1.54, 1.807) is 7.11 Å². The van der Waals surface area contributed by atoms with E-state index < -0.39 is 11.7 Å². The van der Waals surface area contributed by atoms with E-state index in [2.05, 4.69) is 32.9 Å². The quantitative estimate of drug-likeness (QED) is 0.922. The third-order valence-electron chi connectivity index (χ3n) is 4.34. The van der Waals surface area contributed by atoms with Crippen molar-refractivity contribution in [3.8, 4) is 0 Å². The molecule has 1 saturated heterocycles. The van der Waals surface area contributed by atoms with Crippen molar-refractivity contribution >= 4 is 0 Å². The predicted molar refractivity (Wildman–Crippen MR) is 79.9 cm³/mol. The minimum absolute atomic E-state index is 0.126. The van der Waals surface area contributed by atoms with E-state index in [1.807, 2.05) is 12.1 Å². The van der Waals surface area contributed by atoms with Crippen molar-refractivity contribution in [3.63, 3.8) is 0 Å². The molecule has 3 heteroatoms. The maximum atomic E-state index is 10.7. The molecule has 0 saturated carbocycles. The lowest BCUT2D eigenvalue weighted by molar-refractivity contribution is -0.154. The van der Waals surface area contributed by atoms with Crippen molar-refractivity contribution < 1.29 is 14.6 Å². The van der Waals surface area contributed by atoms with Crippen LogP contribution in [-0.4, -0.2) is 31.0 Å². The minimum Gasteiger partial charge on any atom is -0.385 e. The van der Waals surface area contributed by atoms with Gasteiger partial charge in [0.1, 0.15) is 11.7 Å². The van der Waals surface area contributed by atoms with Gasteiger partial charge < -0.3 is 14.6 Å². The average Bonchev–Trinajstić information content (AvgIpc) is 2.46. The van der Waals surface area contributed by atoms with E-state index in [0.717, 1.165) is 18.4 Å². The van der Waals surface area contributed by atoms with Crippen molar-refractivity contribution in [2.45, 2.75) is 50.7 Å². The number of hydrogen-bond donors (Lipinski definition) is 1. The molecule has 1 heterocycles. The van der Waals surface area contributed by atoms with Crippen LogP contribution < -0.4 is 0 Å². The Balaban J connectivity index is 2.21. The number of hydrogen-bond acceptors (Lipinski definition) is 3. The summed E-state index contributed by atoms with van der Waals surface area (Å²) in [5.74, 6) is 0. The van der Waals surface area contributed by atoms with Crippen LogP contribution in [0.25, 0.3) is 0 Å². The van der Waals surface area contributed by atoms with Crippen LogP contribution in [-0.2, 0) is 14.9 Å². The van der Waals surface area contributed by atoms with Crippen LogP contribution in [0.5, 0.6) is 0 Å². The first-order valence-corrected chi connectivity index (χ1v) is 7.30. The molecule has 0 bridgehead atoms. The van der Waals surface area contributed by atoms with E-state index in [-0.39, 0.29) is 5.41 Å². The highest BCUT2D eigenvalue weighted by atomic mass is 16.5. The van der Waals surface area contributed by atoms with Gasteiger partial charge in [-0.05, 0) is 16.5 Å². The minimum atomic E-state index is -0.606. The monoisotopic (exact) mass is 278 g/mol. The summed E-state index contributed by atoms with van der Waals surface area (Å²) in [6.45, 7) is 7.85. The van der Waals surface area contributed by atoms with Gasteiger partial charge in [-0.3, -0.25) is 0 Å². The van der Waals surface area contributed by atoms with Crippen LogP contribution in [0.3, 0.4) is 0 Å². The fourth-order valence-corrected chi connectivity index (χ4v) is 2.78. The molecule has 1 aromatic rings. The van der Waals surface area contributed by atoms with Crippen LogP contribution in [0.15, 0.2) is 24.3 Å². The highest BCUT2D eigenvalue weighted by molar-refractivity contribution is 5.30. The Morgan fingerprint density at radius 3 is 2.15 bits per heavy atom. The summed E-state index contributed by atoms with van der Waals surface area (Å²) in [7, 11) is 1.68. The lowest BCUT2D eigenvalue weighted by Gasteiger charge is -2.40. The van der Waals surface area contributed by atoms with Crippen molar-refractivity contribution in [2.75, 3.05) is 20.3 Å². The molecule has 3 nitrogen and oxygen atoms in total. The second-order valence-electron chi connectivity index (χ2n) is 6.66. The molecular formula is C17H26O3. The van der Waals surface area contributed by atoms with Crippen LogP contribution >= 0.6 is 0 Å². The van der Waals surface area contributed by atoms with Crippen LogP contribution in [0.4, 0.5) is 0 Å². The van der Waals surface area contributed by atoms with Gasteiger partial charge in [0.25, 0.3) is 0 Å². The molecule has 1 atom stereocenters. The molecule has 112 valence electrons. The zero-order chi connectivity index (χ0) is 14.8. The van der Waals surface area contributed by atoms with E-state index in [4.69, 9.17) is 9.47 Å². The van der Waals surface area contributed by atoms with Crippen molar-refractivity contribution in [3.05, 3.63) is 35.4 Å². The van der Waals surface area contributed by atoms with Gasteiger partial charge in [0.05, 0.1) is 0 Å². The van der Waals surface area contributed by atoms with Gasteiger partial charge in [0.15, 0.2) is 0 Å². The van der Waals surface area contributed by atoms with E-state index in [0.29, 0.717) is 13.2 Å². The summed E-state index contributed by atoms with van der Waals surface area (Å²) in [6, 6.07) is 8.23. The first-order valence-electron chi connectivity index (χ1n) is 7.30. The molecule has 1 fully saturated rings. The van der Waals surface area contributed by atoms with Gasteiger partial charge in [-0.1, -0.05) is 45.0 Å². The molecule has 1 N–H and O–H groups in total. The molecule has 0 aliphatic carbocycles. The Morgan fingerprint density at radius 1 is 1.15 bits per heavy atom. The smallest absolute Gasteiger partial charge is 0.108 e. The maximum Gasteiger partial charge on any atom is 0.108 e. The van der Waals surface area contributed by atoms with Crippen LogP contribution in [0, 0.1) is 0 Å². The molecule has 1 unspecified atom stereocenters. The van der Waals surface area contributed by atoms with E-state index in [1.165, 1.54) is 5.56 Å². The Hall–Kier alpha value is -0.900. The molecule has 1 aromatic carbocycles. The highest BCUT2D eigenvalue weighted by Crippen LogP contribution is 2.37. The number of aliphatic hydroxyl groups excluding tert-OH is 1. The van der Waals surface area contributed by atoms with E-state index >= 15 is 0 Å². The molecule has 1 aliphatic rings. The zero-order valence-corrected chi connectivity index (χ0v) is 13.0. The summed E-state index contributed by atoms with van der Waals surface area (Å²) in [5, 5.41) is 10.7. The Labute approximate surface area is 121 Å². The third kappa shape index (κ3) is 3.05. The summed E-state index contributed by atoms with van der Waals surface area (Å²) >= 11 is 0. The maximum absolute atomic E-state index is 10.7. The van der Waals surface area contributed by atoms with Gasteiger partial charge >= 0.3 is 0 Å². The summed E-state index contributed by atoms with van der Waals surface area (Å²) in [5.41, 5.74) is 1.80. The van der Waals surface area contributed by atoms with Gasteiger partial charge in [-0.25, -0.2) is 0 Å². The Morgan fingerprint density at radius 2 is 1.70 bits per heavy atom. The number of methoxy groups -OCH3 is 1. The summed E-state index contributed by atoms with van der Waals surface area (Å²) in [4.78, 5) is 0. The van der Waals surface area contributed by atoms with Gasteiger partial charge in [0.2, 0.25) is 0 Å². The molecule has 0 radical (unpaired) electrons. The van der Waals surface area contributed by atoms with Crippen molar-refractivity contribution in [1.82, 2.24) is 0 Å². The molecule has 0 aromatic heterocycles. The largest absolute Gasteiger partial charge is 0.385 e. The van der Waals surface area contributed by atoms with Crippen molar-refractivity contribution in [2.24, 2.45) is 0 Å². The Kier molecular flexibility index (Phi) is 4.52. The fourth-order valence-electron chi connectivity index (χ4n) is 2.78. The molecular weight excluding hydrogens is 252 g/mol. The standard InChI is InChI=1S/C17H26O3/c1-16(2,3)14-7-5-13(6-8-14)15(18)17(19-4)9-11-20-12-10-17/h5-8,15,18H,9-12H2,1-4H3. The summed E-state index contributed by atoms with van der Waals surface area (Å²) in [6.07, 6.45) is 0.850. The first-order chi connectivity index (χ1) is 9.39. The van der Waals surface area contributed by atoms with Crippen molar-refractivity contribution in [1.29, 1.82) is 0 Å². The number of benzene rings is 1. The van der Waals surface area contributed by atoms with Crippen LogP contribution in [0.2, 0.25) is 0 Å². The van der Waals surface area contributed by atoms with E-state index in [9.17, 15) is 5.11 Å². The average molecular weight is 278 g/mol. The van der Waals surface area contributed by atoms with Crippen LogP contribution in [0.1, 0.15) is 50.8 Å². The number of aliphatic hydroxyl groups is 1. The molecule has 0 amide bonds. The topological polar surface area (TPSA) is 38.7 Å². The van der Waals surface area contributed by atoms with Gasteiger partial charge in [-0.15, -0.1) is 0 Å². The molecule has 0 spiro atoms. The Bertz CT molecular complexity index is 425. The van der Waals surface area contributed by atoms with Gasteiger partial charge in [-0.2, -0.15) is 0 Å². The fraction of sp³-hybridized carbons (Fsp3) is 0.647.